The zero-order valence-electron chi connectivity index (χ0n) is 15.6. The Morgan fingerprint density at radius 2 is 1.46 bits per heavy atom. The van der Waals surface area contributed by atoms with E-state index < -0.39 is 10.0 Å². The second kappa shape index (κ2) is 8.33. The van der Waals surface area contributed by atoms with Crippen LogP contribution in [0.15, 0.2) is 53.4 Å². The summed E-state index contributed by atoms with van der Waals surface area (Å²) in [6.07, 6.45) is 0. The van der Waals surface area contributed by atoms with Crippen molar-refractivity contribution in [3.05, 3.63) is 59.7 Å². The first-order valence-electron chi connectivity index (χ1n) is 8.26. The maximum Gasteiger partial charge on any atom is 0.243 e. The molecule has 7 heteroatoms. The molecule has 0 aromatic heterocycles. The Bertz CT molecular complexity index is 845. The van der Waals surface area contributed by atoms with Crippen LogP contribution in [0, 0.1) is 0 Å². The topological polar surface area (TPSA) is 69.7 Å². The zero-order valence-corrected chi connectivity index (χ0v) is 16.4. The predicted molar refractivity (Wildman–Crippen MR) is 103 cm³/mol. The molecule has 0 atom stereocenters. The monoisotopic (exact) mass is 375 g/mol. The van der Waals surface area contributed by atoms with Gasteiger partial charge in [0.1, 0.15) is 0 Å². The van der Waals surface area contributed by atoms with Gasteiger partial charge in [-0.25, -0.2) is 8.42 Å². The highest BCUT2D eigenvalue weighted by molar-refractivity contribution is 7.89. The minimum absolute atomic E-state index is 0.123. The van der Waals surface area contributed by atoms with Crippen LogP contribution in [0.4, 0.5) is 5.69 Å². The molecule has 0 bridgehead atoms. The molecule has 0 unspecified atom stereocenters. The van der Waals surface area contributed by atoms with Gasteiger partial charge in [0.05, 0.1) is 4.90 Å². The number of benzene rings is 2. The van der Waals surface area contributed by atoms with Gasteiger partial charge in [-0.1, -0.05) is 24.3 Å². The van der Waals surface area contributed by atoms with Gasteiger partial charge in [-0.05, 0) is 35.4 Å². The minimum atomic E-state index is -3.58. The number of carbonyl (C=O) groups excluding carboxylic acids is 1. The molecule has 26 heavy (non-hydrogen) atoms. The van der Waals surface area contributed by atoms with E-state index in [1.807, 2.05) is 43.3 Å². The summed E-state index contributed by atoms with van der Waals surface area (Å²) in [5.41, 5.74) is 2.83. The largest absolute Gasteiger partial charge is 0.378 e. The third-order valence-electron chi connectivity index (χ3n) is 4.03. The van der Waals surface area contributed by atoms with E-state index in [-0.39, 0.29) is 10.8 Å². The van der Waals surface area contributed by atoms with Crippen LogP contribution in [0.25, 0.3) is 0 Å². The van der Waals surface area contributed by atoms with Crippen molar-refractivity contribution in [2.45, 2.75) is 24.9 Å². The molecular weight excluding hydrogens is 350 g/mol. The van der Waals surface area contributed by atoms with E-state index in [4.69, 9.17) is 0 Å². The molecule has 0 saturated heterocycles. The lowest BCUT2D eigenvalue weighted by molar-refractivity contribution is -0.119. The van der Waals surface area contributed by atoms with Crippen LogP contribution >= 0.6 is 0 Å². The van der Waals surface area contributed by atoms with Crippen LogP contribution in [-0.4, -0.2) is 39.8 Å². The van der Waals surface area contributed by atoms with Gasteiger partial charge in [0.25, 0.3) is 0 Å². The van der Waals surface area contributed by atoms with Gasteiger partial charge in [-0.15, -0.1) is 0 Å². The molecule has 2 aromatic rings. The molecule has 0 aliphatic heterocycles. The molecule has 2 rings (SSSR count). The van der Waals surface area contributed by atoms with E-state index in [1.165, 1.54) is 11.2 Å². The Balaban J connectivity index is 2.09. The number of anilines is 1. The van der Waals surface area contributed by atoms with Crippen LogP contribution in [0.3, 0.4) is 0 Å². The van der Waals surface area contributed by atoms with Gasteiger partial charge in [0, 0.05) is 46.8 Å². The first kappa shape index (κ1) is 19.9. The quantitative estimate of drug-likeness (QED) is 0.806. The van der Waals surface area contributed by atoms with Crippen LogP contribution in [0.1, 0.15) is 18.1 Å². The molecule has 1 N–H and O–H groups in total. The number of hydrogen-bond acceptors (Lipinski definition) is 4. The van der Waals surface area contributed by atoms with Crippen LogP contribution < -0.4 is 10.2 Å². The maximum absolute atomic E-state index is 12.7. The summed E-state index contributed by atoms with van der Waals surface area (Å²) in [4.78, 5) is 13.2. The molecule has 2 aromatic carbocycles. The molecule has 0 spiro atoms. The van der Waals surface area contributed by atoms with E-state index in [0.717, 1.165) is 16.8 Å². The summed E-state index contributed by atoms with van der Waals surface area (Å²) in [7, 11) is 1.91. The van der Waals surface area contributed by atoms with Crippen molar-refractivity contribution in [1.82, 2.24) is 9.62 Å². The average Bonchev–Trinajstić information content (AvgIpc) is 2.60. The Morgan fingerprint density at radius 3 is 1.96 bits per heavy atom. The minimum Gasteiger partial charge on any atom is -0.378 e. The van der Waals surface area contributed by atoms with Crippen molar-refractivity contribution in [3.8, 4) is 0 Å². The Labute approximate surface area is 155 Å². The second-order valence-electron chi connectivity index (χ2n) is 6.38. The van der Waals surface area contributed by atoms with E-state index in [9.17, 15) is 13.2 Å². The van der Waals surface area contributed by atoms with E-state index in [1.54, 1.807) is 31.3 Å². The normalized spacial score (nSPS) is 11.4. The second-order valence-corrected chi connectivity index (χ2v) is 8.42. The SMILES string of the molecule is CC(=O)NCc1ccc(S(=O)(=O)N(C)Cc2ccc(N(C)C)cc2)cc1. The van der Waals surface area contributed by atoms with Crippen LogP contribution in [0.2, 0.25) is 0 Å². The molecule has 0 aliphatic rings. The Morgan fingerprint density at radius 1 is 0.923 bits per heavy atom. The van der Waals surface area contributed by atoms with E-state index in [0.29, 0.717) is 13.1 Å². The summed E-state index contributed by atoms with van der Waals surface area (Å²) in [6, 6.07) is 14.3. The first-order valence-corrected chi connectivity index (χ1v) is 9.70. The molecule has 1 amide bonds. The fourth-order valence-corrected chi connectivity index (χ4v) is 3.59. The molecular formula is C19H25N3O3S. The third kappa shape index (κ3) is 5.06. The molecule has 140 valence electrons. The highest BCUT2D eigenvalue weighted by Gasteiger charge is 2.20. The lowest BCUT2D eigenvalue weighted by atomic mass is 10.2. The average molecular weight is 375 g/mol. The summed E-state index contributed by atoms with van der Waals surface area (Å²) in [6.45, 7) is 2.12. The van der Waals surface area contributed by atoms with Gasteiger partial charge in [0.2, 0.25) is 15.9 Å². The zero-order chi connectivity index (χ0) is 19.3. The van der Waals surface area contributed by atoms with Gasteiger partial charge < -0.3 is 10.2 Å². The van der Waals surface area contributed by atoms with Crippen molar-refractivity contribution in [2.24, 2.45) is 0 Å². The van der Waals surface area contributed by atoms with Crippen molar-refractivity contribution >= 4 is 21.6 Å². The number of carbonyl (C=O) groups is 1. The number of sulfonamides is 1. The number of hydrogen-bond donors (Lipinski definition) is 1. The van der Waals surface area contributed by atoms with Crippen LogP contribution in [-0.2, 0) is 27.9 Å². The van der Waals surface area contributed by atoms with Crippen LogP contribution in [0.5, 0.6) is 0 Å². The highest BCUT2D eigenvalue weighted by atomic mass is 32.2. The van der Waals surface area contributed by atoms with E-state index in [2.05, 4.69) is 5.32 Å². The van der Waals surface area contributed by atoms with Gasteiger partial charge in [-0.2, -0.15) is 4.31 Å². The number of nitrogens with one attached hydrogen (secondary N) is 1. The van der Waals surface area contributed by atoms with Gasteiger partial charge in [-0.3, -0.25) is 4.79 Å². The molecule has 0 fully saturated rings. The highest BCUT2D eigenvalue weighted by Crippen LogP contribution is 2.19. The lowest BCUT2D eigenvalue weighted by Crippen LogP contribution is -2.26. The summed E-state index contributed by atoms with van der Waals surface area (Å²) in [5.74, 6) is -0.123. The van der Waals surface area contributed by atoms with E-state index >= 15 is 0 Å². The van der Waals surface area contributed by atoms with Crippen molar-refractivity contribution in [1.29, 1.82) is 0 Å². The van der Waals surface area contributed by atoms with Gasteiger partial charge in [0.15, 0.2) is 0 Å². The Hall–Kier alpha value is -2.38. The molecule has 0 heterocycles. The Kier molecular flexibility index (Phi) is 6.39. The number of amides is 1. The summed E-state index contributed by atoms with van der Waals surface area (Å²) >= 11 is 0. The van der Waals surface area contributed by atoms with Gasteiger partial charge >= 0.3 is 0 Å². The number of nitrogens with zero attached hydrogens (tertiary/aromatic N) is 2. The van der Waals surface area contributed by atoms with Crippen molar-refractivity contribution < 1.29 is 13.2 Å². The predicted octanol–water partition coefficient (Wildman–Crippen LogP) is 2.21. The molecule has 6 nitrogen and oxygen atoms in total. The molecule has 0 radical (unpaired) electrons. The molecule has 0 aliphatic carbocycles. The molecule has 0 saturated carbocycles. The lowest BCUT2D eigenvalue weighted by Gasteiger charge is -2.18. The standard InChI is InChI=1S/C19H25N3O3S/c1-15(23)20-13-16-7-11-19(12-8-16)26(24,25)22(4)14-17-5-9-18(10-6-17)21(2)3/h5-12H,13-14H2,1-4H3,(H,20,23). The first-order chi connectivity index (χ1) is 12.2. The fourth-order valence-electron chi connectivity index (χ4n) is 2.43. The summed E-state index contributed by atoms with van der Waals surface area (Å²) < 4.78 is 26.8. The number of rotatable bonds is 7. The summed E-state index contributed by atoms with van der Waals surface area (Å²) in [5, 5.41) is 2.69. The third-order valence-corrected chi connectivity index (χ3v) is 5.85. The fraction of sp³-hybridized carbons (Fsp3) is 0.316. The maximum atomic E-state index is 12.7. The van der Waals surface area contributed by atoms with Crippen molar-refractivity contribution in [3.63, 3.8) is 0 Å². The van der Waals surface area contributed by atoms with Crippen molar-refractivity contribution in [2.75, 3.05) is 26.0 Å². The smallest absolute Gasteiger partial charge is 0.243 e.